The maximum absolute atomic E-state index is 13.3. The summed E-state index contributed by atoms with van der Waals surface area (Å²) >= 11 is 6.97. The quantitative estimate of drug-likeness (QED) is 0.637. The molecule has 0 bridgehead atoms. The van der Waals surface area contributed by atoms with Crippen molar-refractivity contribution in [2.75, 3.05) is 25.2 Å². The standard InChI is InChI=1S/C18H17ClN4O5S/c1-27-9-8-22-16(25)11-4-2-3-5-13(11)23-14(24)6-7-18(22,23)17(26)28-10-12-15(19)29-21-20-12/h2-5H,6-10H2,1H3/t18-/m1/s1. The van der Waals surface area contributed by atoms with Gasteiger partial charge in [0.15, 0.2) is 0 Å². The van der Waals surface area contributed by atoms with Crippen molar-refractivity contribution in [3.05, 3.63) is 39.9 Å². The first-order valence-corrected chi connectivity index (χ1v) is 10.0. The van der Waals surface area contributed by atoms with Crippen molar-refractivity contribution >= 4 is 46.6 Å². The number of nitrogens with zero attached hydrogens (tertiary/aromatic N) is 4. The molecule has 3 heterocycles. The monoisotopic (exact) mass is 436 g/mol. The smallest absolute Gasteiger partial charge is 0.354 e. The fourth-order valence-electron chi connectivity index (χ4n) is 3.77. The van der Waals surface area contributed by atoms with Crippen molar-refractivity contribution in [3.63, 3.8) is 0 Å². The molecule has 0 radical (unpaired) electrons. The molecule has 0 unspecified atom stereocenters. The molecule has 11 heteroatoms. The number of anilines is 1. The van der Waals surface area contributed by atoms with E-state index in [0.29, 0.717) is 21.3 Å². The molecule has 1 aromatic carbocycles. The van der Waals surface area contributed by atoms with Crippen LogP contribution in [0.4, 0.5) is 5.69 Å². The van der Waals surface area contributed by atoms with E-state index in [4.69, 9.17) is 21.1 Å². The van der Waals surface area contributed by atoms with Gasteiger partial charge in [-0.2, -0.15) is 0 Å². The fourth-order valence-corrected chi connectivity index (χ4v) is 4.37. The van der Waals surface area contributed by atoms with E-state index in [1.165, 1.54) is 16.9 Å². The number of fused-ring (bicyclic) bond motifs is 3. The van der Waals surface area contributed by atoms with Crippen LogP contribution in [0.1, 0.15) is 28.9 Å². The van der Waals surface area contributed by atoms with Crippen LogP contribution < -0.4 is 4.90 Å². The number of methoxy groups -OCH3 is 1. The molecule has 0 aliphatic carbocycles. The largest absolute Gasteiger partial charge is 0.456 e. The van der Waals surface area contributed by atoms with Gasteiger partial charge in [0.2, 0.25) is 11.6 Å². The summed E-state index contributed by atoms with van der Waals surface area (Å²) in [7, 11) is 1.50. The molecule has 0 spiro atoms. The highest BCUT2D eigenvalue weighted by Gasteiger charge is 2.61. The van der Waals surface area contributed by atoms with Gasteiger partial charge < -0.3 is 14.4 Å². The second kappa shape index (κ2) is 7.69. The molecule has 29 heavy (non-hydrogen) atoms. The molecule has 2 aliphatic rings. The molecule has 1 atom stereocenters. The summed E-state index contributed by atoms with van der Waals surface area (Å²) in [6.07, 6.45) is 0.233. The van der Waals surface area contributed by atoms with Crippen molar-refractivity contribution in [1.82, 2.24) is 14.5 Å². The Bertz CT molecular complexity index is 983. The summed E-state index contributed by atoms with van der Waals surface area (Å²) < 4.78 is 14.6. The number of benzene rings is 1. The molecule has 2 amide bonds. The Balaban J connectivity index is 1.75. The van der Waals surface area contributed by atoms with E-state index < -0.39 is 11.6 Å². The van der Waals surface area contributed by atoms with Crippen molar-refractivity contribution in [2.45, 2.75) is 25.1 Å². The zero-order chi connectivity index (χ0) is 20.6. The number of esters is 1. The van der Waals surface area contributed by atoms with E-state index in [1.807, 2.05) is 0 Å². The van der Waals surface area contributed by atoms with Gasteiger partial charge in [0.1, 0.15) is 16.6 Å². The third kappa shape index (κ3) is 3.07. The molecule has 0 N–H and O–H groups in total. The van der Waals surface area contributed by atoms with Gasteiger partial charge in [-0.05, 0) is 12.1 Å². The predicted octanol–water partition coefficient (Wildman–Crippen LogP) is 1.86. The van der Waals surface area contributed by atoms with Crippen LogP contribution in [-0.4, -0.2) is 58.2 Å². The number of amides is 2. The third-order valence-corrected chi connectivity index (χ3v) is 6.05. The lowest BCUT2D eigenvalue weighted by Crippen LogP contribution is -2.68. The van der Waals surface area contributed by atoms with Crippen LogP contribution in [0, 0.1) is 0 Å². The van der Waals surface area contributed by atoms with Gasteiger partial charge >= 0.3 is 5.97 Å². The van der Waals surface area contributed by atoms with Crippen molar-refractivity contribution in [3.8, 4) is 0 Å². The van der Waals surface area contributed by atoms with Crippen LogP contribution >= 0.6 is 23.1 Å². The van der Waals surface area contributed by atoms with Crippen LogP contribution in [0.25, 0.3) is 0 Å². The summed E-state index contributed by atoms with van der Waals surface area (Å²) in [5, 5.41) is 3.83. The number of carbonyl (C=O) groups excluding carboxylic acids is 3. The van der Waals surface area contributed by atoms with E-state index in [-0.39, 0.29) is 44.4 Å². The molecule has 2 aliphatic heterocycles. The lowest BCUT2D eigenvalue weighted by atomic mass is 9.96. The predicted molar refractivity (Wildman–Crippen MR) is 104 cm³/mol. The number of halogens is 1. The number of hydrogen-bond acceptors (Lipinski definition) is 8. The van der Waals surface area contributed by atoms with Crippen LogP contribution in [-0.2, 0) is 25.7 Å². The van der Waals surface area contributed by atoms with Crippen LogP contribution in [0.15, 0.2) is 24.3 Å². The lowest BCUT2D eigenvalue weighted by molar-refractivity contribution is -0.159. The average molecular weight is 437 g/mol. The Morgan fingerprint density at radius 2 is 2.14 bits per heavy atom. The number of para-hydroxylation sites is 1. The van der Waals surface area contributed by atoms with E-state index in [0.717, 1.165) is 11.5 Å². The summed E-state index contributed by atoms with van der Waals surface area (Å²) in [6.45, 7) is 0.125. The molecule has 1 saturated heterocycles. The van der Waals surface area contributed by atoms with Crippen molar-refractivity contribution in [1.29, 1.82) is 0 Å². The summed E-state index contributed by atoms with van der Waals surface area (Å²) in [5.74, 6) is -1.32. The first-order valence-electron chi connectivity index (χ1n) is 8.87. The Hall–Kier alpha value is -2.56. The highest BCUT2D eigenvalue weighted by molar-refractivity contribution is 7.10. The van der Waals surface area contributed by atoms with Crippen LogP contribution in [0.3, 0.4) is 0 Å². The van der Waals surface area contributed by atoms with E-state index in [1.54, 1.807) is 24.3 Å². The average Bonchev–Trinajstić information content (AvgIpc) is 3.30. The maximum Gasteiger partial charge on any atom is 0.354 e. The second-order valence-corrected chi connectivity index (χ2v) is 7.94. The molecular formula is C18H17ClN4O5S. The Morgan fingerprint density at radius 3 is 2.86 bits per heavy atom. The zero-order valence-electron chi connectivity index (χ0n) is 15.5. The van der Waals surface area contributed by atoms with E-state index in [9.17, 15) is 14.4 Å². The molecular weight excluding hydrogens is 420 g/mol. The Labute approximate surface area is 175 Å². The number of carbonyl (C=O) groups is 3. The second-order valence-electron chi connectivity index (χ2n) is 6.58. The van der Waals surface area contributed by atoms with Gasteiger partial charge in [0.25, 0.3) is 5.91 Å². The van der Waals surface area contributed by atoms with Gasteiger partial charge in [-0.1, -0.05) is 28.2 Å². The lowest BCUT2D eigenvalue weighted by Gasteiger charge is -2.48. The van der Waals surface area contributed by atoms with E-state index in [2.05, 4.69) is 9.59 Å². The fraction of sp³-hybridized carbons (Fsp3) is 0.389. The maximum atomic E-state index is 13.3. The summed E-state index contributed by atoms with van der Waals surface area (Å²) in [5.41, 5.74) is -0.493. The molecule has 1 fully saturated rings. The van der Waals surface area contributed by atoms with Gasteiger partial charge in [-0.3, -0.25) is 14.5 Å². The zero-order valence-corrected chi connectivity index (χ0v) is 17.0. The topological polar surface area (TPSA) is 102 Å². The van der Waals surface area contributed by atoms with Crippen LogP contribution in [0.2, 0.25) is 4.34 Å². The van der Waals surface area contributed by atoms with Crippen LogP contribution in [0.5, 0.6) is 0 Å². The normalized spacial score (nSPS) is 20.6. The minimum Gasteiger partial charge on any atom is -0.456 e. The van der Waals surface area contributed by atoms with Gasteiger partial charge in [-0.25, -0.2) is 4.79 Å². The van der Waals surface area contributed by atoms with E-state index >= 15 is 0 Å². The number of aromatic nitrogens is 2. The molecule has 9 nitrogen and oxygen atoms in total. The number of hydrogen-bond donors (Lipinski definition) is 0. The molecule has 0 saturated carbocycles. The minimum atomic E-state index is -1.57. The molecule has 4 rings (SSSR count). The SMILES string of the molecule is COCCN1C(=O)c2ccccc2N2C(=O)CC[C@@]12C(=O)OCc1nnsc1Cl. The number of rotatable bonds is 6. The van der Waals surface area contributed by atoms with Gasteiger partial charge in [0.05, 0.1) is 17.9 Å². The number of ether oxygens (including phenoxy) is 2. The summed E-state index contributed by atoms with van der Waals surface area (Å²) in [6, 6.07) is 6.74. The third-order valence-electron chi connectivity index (χ3n) is 5.07. The first-order chi connectivity index (χ1) is 14.0. The van der Waals surface area contributed by atoms with Crippen molar-refractivity contribution < 1.29 is 23.9 Å². The molecule has 2 aromatic rings. The van der Waals surface area contributed by atoms with Gasteiger partial charge in [0, 0.05) is 38.0 Å². The Morgan fingerprint density at radius 1 is 1.34 bits per heavy atom. The van der Waals surface area contributed by atoms with Gasteiger partial charge in [-0.15, -0.1) is 5.10 Å². The molecule has 1 aromatic heterocycles. The first kappa shape index (κ1) is 19.7. The highest BCUT2D eigenvalue weighted by atomic mass is 35.5. The van der Waals surface area contributed by atoms with Crippen molar-refractivity contribution in [2.24, 2.45) is 0 Å². The minimum absolute atomic E-state index is 0.110. The highest BCUT2D eigenvalue weighted by Crippen LogP contribution is 2.45. The Kier molecular flexibility index (Phi) is 5.24. The summed E-state index contributed by atoms with van der Waals surface area (Å²) in [4.78, 5) is 42.1. The molecule has 152 valence electrons.